The molecule has 1 N–H and O–H groups in total. The molecule has 0 aliphatic carbocycles. The van der Waals surface area contributed by atoms with Gasteiger partial charge in [-0.2, -0.15) is 0 Å². The van der Waals surface area contributed by atoms with E-state index in [2.05, 4.69) is 0 Å². The third kappa shape index (κ3) is 2.05. The van der Waals surface area contributed by atoms with Crippen LogP contribution in [0.3, 0.4) is 0 Å². The van der Waals surface area contributed by atoms with Gasteiger partial charge >= 0.3 is 5.97 Å². The van der Waals surface area contributed by atoms with Crippen molar-refractivity contribution in [3.05, 3.63) is 59.7 Å². The Labute approximate surface area is 124 Å². The highest BCUT2D eigenvalue weighted by atomic mass is 16.7. The number of carbonyl (C=O) groups excluding carboxylic acids is 1. The second-order valence-electron chi connectivity index (χ2n) is 6.41. The van der Waals surface area contributed by atoms with Crippen LogP contribution in [0.1, 0.15) is 36.7 Å². The van der Waals surface area contributed by atoms with Gasteiger partial charge < -0.3 is 9.84 Å². The SMILES string of the molecule is CC(C)(C)C1(O)OC(=O)c2ccc(-c3ccccc3)cc21. The van der Waals surface area contributed by atoms with Crippen LogP contribution in [-0.2, 0) is 10.5 Å². The quantitative estimate of drug-likeness (QED) is 0.811. The summed E-state index contributed by atoms with van der Waals surface area (Å²) in [5.41, 5.74) is 2.36. The van der Waals surface area contributed by atoms with E-state index >= 15 is 0 Å². The number of hydrogen-bond acceptors (Lipinski definition) is 3. The van der Waals surface area contributed by atoms with E-state index < -0.39 is 17.2 Å². The lowest BCUT2D eigenvalue weighted by atomic mass is 9.80. The first-order valence-electron chi connectivity index (χ1n) is 6.98. The van der Waals surface area contributed by atoms with E-state index in [-0.39, 0.29) is 0 Å². The fraction of sp³-hybridized carbons (Fsp3) is 0.278. The topological polar surface area (TPSA) is 46.5 Å². The maximum Gasteiger partial charge on any atom is 0.341 e. The second-order valence-corrected chi connectivity index (χ2v) is 6.41. The highest BCUT2D eigenvalue weighted by Gasteiger charge is 2.52. The lowest BCUT2D eigenvalue weighted by molar-refractivity contribution is -0.228. The first kappa shape index (κ1) is 13.8. The van der Waals surface area contributed by atoms with Crippen molar-refractivity contribution in [3.8, 4) is 11.1 Å². The molecule has 0 radical (unpaired) electrons. The molecule has 3 heteroatoms. The standard InChI is InChI=1S/C18H18O3/c1-17(2,3)18(20)15-11-13(12-7-5-4-6-8-12)9-10-14(15)16(19)21-18/h4-11,20H,1-3H3. The van der Waals surface area contributed by atoms with Crippen molar-refractivity contribution < 1.29 is 14.6 Å². The molecule has 0 saturated carbocycles. The molecule has 1 heterocycles. The molecule has 3 rings (SSSR count). The molecule has 0 spiro atoms. The number of carbonyl (C=O) groups is 1. The monoisotopic (exact) mass is 282 g/mol. The molecule has 0 bridgehead atoms. The van der Waals surface area contributed by atoms with Crippen molar-refractivity contribution >= 4 is 5.97 Å². The average molecular weight is 282 g/mol. The van der Waals surface area contributed by atoms with Crippen molar-refractivity contribution in [2.75, 3.05) is 0 Å². The summed E-state index contributed by atoms with van der Waals surface area (Å²) >= 11 is 0. The van der Waals surface area contributed by atoms with Crippen LogP contribution in [0, 0.1) is 5.41 Å². The molecule has 21 heavy (non-hydrogen) atoms. The summed E-state index contributed by atoms with van der Waals surface area (Å²) in [5, 5.41) is 10.9. The number of rotatable bonds is 1. The van der Waals surface area contributed by atoms with Crippen LogP contribution in [0.4, 0.5) is 0 Å². The summed E-state index contributed by atoms with van der Waals surface area (Å²) in [6, 6.07) is 15.3. The smallest absolute Gasteiger partial charge is 0.341 e. The summed E-state index contributed by atoms with van der Waals surface area (Å²) in [6.45, 7) is 5.56. The van der Waals surface area contributed by atoms with Gasteiger partial charge in [-0.1, -0.05) is 57.2 Å². The van der Waals surface area contributed by atoms with Crippen molar-refractivity contribution in [2.45, 2.75) is 26.6 Å². The zero-order valence-corrected chi connectivity index (χ0v) is 12.4. The van der Waals surface area contributed by atoms with Crippen LogP contribution >= 0.6 is 0 Å². The zero-order chi connectivity index (χ0) is 15.3. The lowest BCUT2D eigenvalue weighted by Gasteiger charge is -2.35. The fourth-order valence-corrected chi connectivity index (χ4v) is 2.61. The van der Waals surface area contributed by atoms with Crippen LogP contribution in [0.25, 0.3) is 11.1 Å². The molecule has 1 unspecified atom stereocenters. The van der Waals surface area contributed by atoms with Gasteiger partial charge in [0.25, 0.3) is 0 Å². The molecule has 0 aromatic heterocycles. The third-order valence-corrected chi connectivity index (χ3v) is 3.97. The lowest BCUT2D eigenvalue weighted by Crippen LogP contribution is -2.40. The Bertz CT molecular complexity index is 698. The average Bonchev–Trinajstić information content (AvgIpc) is 2.72. The predicted molar refractivity (Wildman–Crippen MR) is 80.6 cm³/mol. The highest BCUT2D eigenvalue weighted by molar-refractivity contribution is 5.95. The summed E-state index contributed by atoms with van der Waals surface area (Å²) in [5.74, 6) is -2.06. The maximum atomic E-state index is 12.0. The summed E-state index contributed by atoms with van der Waals surface area (Å²) in [7, 11) is 0. The van der Waals surface area contributed by atoms with Gasteiger partial charge in [0.15, 0.2) is 0 Å². The minimum Gasteiger partial charge on any atom is -0.425 e. The fourth-order valence-electron chi connectivity index (χ4n) is 2.61. The Balaban J connectivity index is 2.18. The largest absolute Gasteiger partial charge is 0.425 e. The molecule has 3 nitrogen and oxygen atoms in total. The van der Waals surface area contributed by atoms with E-state index in [0.29, 0.717) is 11.1 Å². The van der Waals surface area contributed by atoms with Gasteiger partial charge in [0.2, 0.25) is 5.79 Å². The third-order valence-electron chi connectivity index (χ3n) is 3.97. The molecular formula is C18H18O3. The highest BCUT2D eigenvalue weighted by Crippen LogP contribution is 2.47. The molecule has 108 valence electrons. The number of fused-ring (bicyclic) bond motifs is 1. The van der Waals surface area contributed by atoms with Crippen molar-refractivity contribution in [3.63, 3.8) is 0 Å². The minimum atomic E-state index is -1.59. The molecule has 0 fully saturated rings. The number of ether oxygens (including phenoxy) is 1. The molecule has 2 aromatic carbocycles. The van der Waals surface area contributed by atoms with Crippen molar-refractivity contribution in [1.29, 1.82) is 0 Å². The molecule has 2 aromatic rings. The van der Waals surface area contributed by atoms with E-state index in [4.69, 9.17) is 4.74 Å². The molecule has 0 saturated heterocycles. The van der Waals surface area contributed by atoms with E-state index in [1.807, 2.05) is 63.2 Å². The number of esters is 1. The Morgan fingerprint density at radius 1 is 1.00 bits per heavy atom. The van der Waals surface area contributed by atoms with Gasteiger partial charge in [-0.05, 0) is 23.3 Å². The summed E-state index contributed by atoms with van der Waals surface area (Å²) in [4.78, 5) is 12.0. The van der Waals surface area contributed by atoms with Gasteiger partial charge in [-0.15, -0.1) is 0 Å². The summed E-state index contributed by atoms with van der Waals surface area (Å²) in [6.07, 6.45) is 0. The number of benzene rings is 2. The van der Waals surface area contributed by atoms with Gasteiger partial charge in [0, 0.05) is 11.0 Å². The predicted octanol–water partition coefficient (Wildman–Crippen LogP) is 3.72. The number of aliphatic hydroxyl groups is 1. The summed E-state index contributed by atoms with van der Waals surface area (Å²) < 4.78 is 5.29. The van der Waals surface area contributed by atoms with E-state index in [1.165, 1.54) is 0 Å². The first-order valence-corrected chi connectivity index (χ1v) is 6.98. The van der Waals surface area contributed by atoms with E-state index in [1.54, 1.807) is 6.07 Å². The van der Waals surface area contributed by atoms with Crippen LogP contribution < -0.4 is 0 Å². The maximum absolute atomic E-state index is 12.0. The van der Waals surface area contributed by atoms with E-state index in [9.17, 15) is 9.90 Å². The van der Waals surface area contributed by atoms with Crippen molar-refractivity contribution in [1.82, 2.24) is 0 Å². The van der Waals surface area contributed by atoms with E-state index in [0.717, 1.165) is 11.1 Å². The Morgan fingerprint density at radius 3 is 2.29 bits per heavy atom. The Hall–Kier alpha value is -2.13. The van der Waals surface area contributed by atoms with Gasteiger partial charge in [-0.3, -0.25) is 0 Å². The van der Waals surface area contributed by atoms with Crippen LogP contribution in [-0.4, -0.2) is 11.1 Å². The van der Waals surface area contributed by atoms with Gasteiger partial charge in [-0.25, -0.2) is 4.79 Å². The molecular weight excluding hydrogens is 264 g/mol. The molecule has 1 aliphatic heterocycles. The molecule has 1 atom stereocenters. The Morgan fingerprint density at radius 2 is 1.67 bits per heavy atom. The Kier molecular flexibility index (Phi) is 2.92. The number of cyclic esters (lactones) is 1. The zero-order valence-electron chi connectivity index (χ0n) is 12.4. The van der Waals surface area contributed by atoms with Crippen LogP contribution in [0.2, 0.25) is 0 Å². The number of hydrogen-bond donors (Lipinski definition) is 1. The minimum absolute atomic E-state index is 0.437. The van der Waals surface area contributed by atoms with Crippen molar-refractivity contribution in [2.24, 2.45) is 5.41 Å². The van der Waals surface area contributed by atoms with Crippen LogP contribution in [0.5, 0.6) is 0 Å². The van der Waals surface area contributed by atoms with Gasteiger partial charge in [0.1, 0.15) is 0 Å². The van der Waals surface area contributed by atoms with Gasteiger partial charge in [0.05, 0.1) is 5.56 Å². The van der Waals surface area contributed by atoms with Crippen LogP contribution in [0.15, 0.2) is 48.5 Å². The first-order chi connectivity index (χ1) is 9.83. The molecule has 0 amide bonds. The molecule has 1 aliphatic rings. The normalized spacial score (nSPS) is 21.0. The second kappa shape index (κ2) is 4.43.